The quantitative estimate of drug-likeness (QED) is 0.514. The Morgan fingerprint density at radius 2 is 1.88 bits per heavy atom. The van der Waals surface area contributed by atoms with Crippen LogP contribution in [0.2, 0.25) is 5.02 Å². The van der Waals surface area contributed by atoms with Gasteiger partial charge in [-0.25, -0.2) is 9.50 Å². The molecular weight excluding hydrogens is 387 g/mol. The molecule has 4 nitrogen and oxygen atoms in total. The van der Waals surface area contributed by atoms with E-state index in [1.807, 2.05) is 0 Å². The lowest BCUT2D eigenvalue weighted by Gasteiger charge is -2.05. The highest BCUT2D eigenvalue weighted by molar-refractivity contribution is 7.13. The van der Waals surface area contributed by atoms with Crippen molar-refractivity contribution in [3.63, 3.8) is 0 Å². The number of halogens is 4. The average Bonchev–Trinajstić information content (AvgIpc) is 3.21. The van der Waals surface area contributed by atoms with Gasteiger partial charge in [-0.2, -0.15) is 13.2 Å². The van der Waals surface area contributed by atoms with Gasteiger partial charge in [0.2, 0.25) is 0 Å². The number of alkyl halides is 3. The van der Waals surface area contributed by atoms with Gasteiger partial charge in [-0.1, -0.05) is 29.8 Å². The molecule has 1 aromatic carbocycles. The molecular formula is C17H9ClF3N3OS. The molecule has 0 radical (unpaired) electrons. The Kier molecular flexibility index (Phi) is 3.89. The lowest BCUT2D eigenvalue weighted by molar-refractivity contribution is -0.141. The lowest BCUT2D eigenvalue weighted by atomic mass is 10.1. The van der Waals surface area contributed by atoms with Gasteiger partial charge >= 0.3 is 6.18 Å². The molecule has 0 fully saturated rings. The zero-order valence-corrected chi connectivity index (χ0v) is 14.4. The molecule has 0 saturated carbocycles. The lowest BCUT2D eigenvalue weighted by Crippen LogP contribution is -2.19. The second-order valence-electron chi connectivity index (χ2n) is 5.48. The zero-order valence-electron chi connectivity index (χ0n) is 12.8. The molecule has 0 aliphatic heterocycles. The predicted octanol–water partition coefficient (Wildman–Crippen LogP) is 5.09. The van der Waals surface area contributed by atoms with Crippen molar-refractivity contribution in [1.82, 2.24) is 14.6 Å². The summed E-state index contributed by atoms with van der Waals surface area (Å²) in [6.07, 6.45) is -4.71. The van der Waals surface area contributed by atoms with E-state index in [0.717, 1.165) is 4.52 Å². The number of rotatable bonds is 2. The maximum Gasteiger partial charge on any atom is 0.433 e. The van der Waals surface area contributed by atoms with Gasteiger partial charge in [0.05, 0.1) is 11.3 Å². The Labute approximate surface area is 153 Å². The maximum atomic E-state index is 13.1. The standard InChI is InChI=1S/C17H9ClF3N3OS/c18-10-5-3-9(4-6-10)15-14(11-2-1-7-26-11)16-22-12(17(19,20)21)8-13(25)24(16)23-15/h1-8,23H. The summed E-state index contributed by atoms with van der Waals surface area (Å²) < 4.78 is 40.4. The minimum atomic E-state index is -4.71. The summed E-state index contributed by atoms with van der Waals surface area (Å²) in [7, 11) is 0. The highest BCUT2D eigenvalue weighted by Crippen LogP contribution is 2.37. The van der Waals surface area contributed by atoms with Crippen molar-refractivity contribution in [2.45, 2.75) is 6.18 Å². The van der Waals surface area contributed by atoms with Crippen LogP contribution in [0.25, 0.3) is 27.3 Å². The van der Waals surface area contributed by atoms with Crippen molar-refractivity contribution in [2.75, 3.05) is 0 Å². The fourth-order valence-corrected chi connectivity index (χ4v) is 3.56. The summed E-state index contributed by atoms with van der Waals surface area (Å²) in [6.45, 7) is 0. The molecule has 0 unspecified atom stereocenters. The first-order valence-corrected chi connectivity index (χ1v) is 8.63. The maximum absolute atomic E-state index is 13.1. The van der Waals surface area contributed by atoms with E-state index in [-0.39, 0.29) is 5.65 Å². The van der Waals surface area contributed by atoms with Crippen LogP contribution in [0, 0.1) is 0 Å². The number of hydrogen-bond donors (Lipinski definition) is 1. The van der Waals surface area contributed by atoms with E-state index in [1.165, 1.54) is 11.3 Å². The summed E-state index contributed by atoms with van der Waals surface area (Å²) in [5, 5.41) is 5.20. The summed E-state index contributed by atoms with van der Waals surface area (Å²) in [5.41, 5.74) is -0.519. The molecule has 4 aromatic rings. The van der Waals surface area contributed by atoms with Crippen LogP contribution in [0.4, 0.5) is 13.2 Å². The van der Waals surface area contributed by atoms with Crippen LogP contribution in [0.3, 0.4) is 0 Å². The largest absolute Gasteiger partial charge is 0.433 e. The fraction of sp³-hybridized carbons (Fsp3) is 0.0588. The predicted molar refractivity (Wildman–Crippen MR) is 94.6 cm³/mol. The minimum absolute atomic E-state index is 0.0720. The highest BCUT2D eigenvalue weighted by atomic mass is 35.5. The van der Waals surface area contributed by atoms with Crippen LogP contribution in [0.1, 0.15) is 5.69 Å². The molecule has 0 amide bonds. The van der Waals surface area contributed by atoms with Gasteiger partial charge in [0.15, 0.2) is 11.3 Å². The highest BCUT2D eigenvalue weighted by Gasteiger charge is 2.34. The van der Waals surface area contributed by atoms with Crippen molar-refractivity contribution >= 4 is 28.6 Å². The summed E-state index contributed by atoms with van der Waals surface area (Å²) >= 11 is 7.26. The number of fused-ring (bicyclic) bond motifs is 1. The molecule has 132 valence electrons. The van der Waals surface area contributed by atoms with Crippen LogP contribution in [0.15, 0.2) is 52.6 Å². The van der Waals surface area contributed by atoms with Crippen molar-refractivity contribution in [2.24, 2.45) is 0 Å². The fourth-order valence-electron chi connectivity index (χ4n) is 2.66. The number of thiophene rings is 1. The smallest absolute Gasteiger partial charge is 0.288 e. The summed E-state index contributed by atoms with van der Waals surface area (Å²) in [4.78, 5) is 16.6. The topological polar surface area (TPSA) is 50.2 Å². The molecule has 3 aromatic heterocycles. The molecule has 0 spiro atoms. The second-order valence-corrected chi connectivity index (χ2v) is 6.87. The number of aromatic nitrogens is 3. The van der Waals surface area contributed by atoms with E-state index >= 15 is 0 Å². The van der Waals surface area contributed by atoms with E-state index < -0.39 is 17.4 Å². The number of aromatic amines is 1. The Morgan fingerprint density at radius 1 is 1.15 bits per heavy atom. The van der Waals surface area contributed by atoms with Gasteiger partial charge in [-0.3, -0.25) is 9.89 Å². The van der Waals surface area contributed by atoms with Crippen LogP contribution in [-0.4, -0.2) is 14.6 Å². The third-order valence-corrected chi connectivity index (χ3v) is 4.95. The van der Waals surface area contributed by atoms with Gasteiger partial charge in [0.25, 0.3) is 5.56 Å². The van der Waals surface area contributed by atoms with Crippen molar-refractivity contribution in [1.29, 1.82) is 0 Å². The first-order chi connectivity index (χ1) is 12.3. The van der Waals surface area contributed by atoms with Crippen LogP contribution in [0.5, 0.6) is 0 Å². The SMILES string of the molecule is O=c1cc(C(F)(F)F)nc2c(-c3cccs3)c(-c3ccc(Cl)cc3)[nH]n12. The number of benzene rings is 1. The molecule has 9 heteroatoms. The van der Waals surface area contributed by atoms with E-state index in [1.54, 1.807) is 41.8 Å². The Balaban J connectivity index is 2.09. The molecule has 3 heterocycles. The monoisotopic (exact) mass is 395 g/mol. The van der Waals surface area contributed by atoms with E-state index in [0.29, 0.717) is 32.8 Å². The minimum Gasteiger partial charge on any atom is -0.288 e. The van der Waals surface area contributed by atoms with Crippen LogP contribution < -0.4 is 5.56 Å². The zero-order chi connectivity index (χ0) is 18.5. The van der Waals surface area contributed by atoms with Crippen LogP contribution >= 0.6 is 22.9 Å². The van der Waals surface area contributed by atoms with Gasteiger partial charge in [-0.15, -0.1) is 11.3 Å². The molecule has 4 rings (SSSR count). The summed E-state index contributed by atoms with van der Waals surface area (Å²) in [6, 6.07) is 10.8. The molecule has 0 bridgehead atoms. The Hall–Kier alpha value is -2.58. The Morgan fingerprint density at radius 3 is 2.50 bits per heavy atom. The van der Waals surface area contributed by atoms with Crippen molar-refractivity contribution in [3.05, 3.63) is 68.9 Å². The molecule has 0 atom stereocenters. The van der Waals surface area contributed by atoms with Crippen LogP contribution in [-0.2, 0) is 6.18 Å². The van der Waals surface area contributed by atoms with Gasteiger partial charge in [-0.05, 0) is 23.6 Å². The van der Waals surface area contributed by atoms with E-state index in [2.05, 4.69) is 10.1 Å². The third-order valence-electron chi connectivity index (χ3n) is 3.81. The van der Waals surface area contributed by atoms with Gasteiger partial charge in [0.1, 0.15) is 0 Å². The second kappa shape index (κ2) is 6.00. The third kappa shape index (κ3) is 2.81. The van der Waals surface area contributed by atoms with E-state index in [9.17, 15) is 18.0 Å². The van der Waals surface area contributed by atoms with Crippen molar-refractivity contribution < 1.29 is 13.2 Å². The number of hydrogen-bond acceptors (Lipinski definition) is 3. The van der Waals surface area contributed by atoms with E-state index in [4.69, 9.17) is 11.6 Å². The molecule has 0 saturated heterocycles. The number of nitrogens with zero attached hydrogens (tertiary/aromatic N) is 2. The van der Waals surface area contributed by atoms with Crippen molar-refractivity contribution in [3.8, 4) is 21.7 Å². The number of H-pyrrole nitrogens is 1. The molecule has 26 heavy (non-hydrogen) atoms. The molecule has 0 aliphatic rings. The first-order valence-electron chi connectivity index (χ1n) is 7.37. The number of nitrogens with one attached hydrogen (secondary N) is 1. The Bertz CT molecular complexity index is 1150. The molecule has 0 aliphatic carbocycles. The molecule has 1 N–H and O–H groups in total. The summed E-state index contributed by atoms with van der Waals surface area (Å²) in [5.74, 6) is 0. The van der Waals surface area contributed by atoms with Gasteiger partial charge in [0, 0.05) is 21.5 Å². The first kappa shape index (κ1) is 16.9. The average molecular weight is 396 g/mol. The normalized spacial score (nSPS) is 12.0. The van der Waals surface area contributed by atoms with Gasteiger partial charge < -0.3 is 0 Å².